The van der Waals surface area contributed by atoms with Gasteiger partial charge >= 0.3 is 6.03 Å². The molecule has 2 aromatic carbocycles. The summed E-state index contributed by atoms with van der Waals surface area (Å²) in [4.78, 5) is 13.8. The predicted octanol–water partition coefficient (Wildman–Crippen LogP) is 3.71. The van der Waals surface area contributed by atoms with Gasteiger partial charge in [0.1, 0.15) is 12.4 Å². The molecule has 0 aliphatic rings. The van der Waals surface area contributed by atoms with Gasteiger partial charge in [0.2, 0.25) is 0 Å². The third-order valence-electron chi connectivity index (χ3n) is 3.69. The van der Waals surface area contributed by atoms with Crippen molar-refractivity contribution in [3.8, 4) is 5.75 Å². The lowest BCUT2D eigenvalue weighted by atomic mass is 10.1. The Balaban J connectivity index is 1.77. The maximum Gasteiger partial charge on any atom is 0.317 e. The van der Waals surface area contributed by atoms with E-state index in [-0.39, 0.29) is 6.03 Å². The van der Waals surface area contributed by atoms with E-state index in [1.807, 2.05) is 36.4 Å². The van der Waals surface area contributed by atoms with Crippen LogP contribution < -0.4 is 10.1 Å². The maximum atomic E-state index is 12.2. The number of ether oxygens (including phenoxy) is 2. The van der Waals surface area contributed by atoms with Crippen LogP contribution in [0.4, 0.5) is 4.79 Å². The van der Waals surface area contributed by atoms with Crippen molar-refractivity contribution in [2.24, 2.45) is 0 Å². The van der Waals surface area contributed by atoms with E-state index in [2.05, 4.69) is 5.32 Å². The predicted molar refractivity (Wildman–Crippen MR) is 99.0 cm³/mol. The molecule has 0 atom stereocenters. The topological polar surface area (TPSA) is 50.8 Å². The van der Waals surface area contributed by atoms with Crippen LogP contribution in [0.15, 0.2) is 48.5 Å². The molecule has 0 aromatic heterocycles. The molecule has 0 unspecified atom stereocenters. The summed E-state index contributed by atoms with van der Waals surface area (Å²) in [6, 6.07) is 14.9. The molecule has 2 amide bonds. The van der Waals surface area contributed by atoms with Crippen LogP contribution >= 0.6 is 11.6 Å². The van der Waals surface area contributed by atoms with E-state index in [0.29, 0.717) is 37.1 Å². The van der Waals surface area contributed by atoms with Gasteiger partial charge in [-0.25, -0.2) is 4.79 Å². The molecule has 0 aliphatic carbocycles. The molecule has 0 spiro atoms. The highest BCUT2D eigenvalue weighted by Crippen LogP contribution is 2.16. The largest absolute Gasteiger partial charge is 0.492 e. The van der Waals surface area contributed by atoms with Crippen LogP contribution in [0.2, 0.25) is 5.02 Å². The summed E-state index contributed by atoms with van der Waals surface area (Å²) in [5, 5.41) is 3.53. The van der Waals surface area contributed by atoms with Gasteiger partial charge in [0.15, 0.2) is 0 Å². The summed E-state index contributed by atoms with van der Waals surface area (Å²) in [5.41, 5.74) is 2.11. The van der Waals surface area contributed by atoms with Gasteiger partial charge in [-0.3, -0.25) is 0 Å². The van der Waals surface area contributed by atoms with Crippen LogP contribution in [0.5, 0.6) is 5.75 Å². The summed E-state index contributed by atoms with van der Waals surface area (Å²) in [6.07, 6.45) is 0. The Morgan fingerprint density at radius 3 is 2.64 bits per heavy atom. The zero-order chi connectivity index (χ0) is 18.1. The fourth-order valence-corrected chi connectivity index (χ4v) is 2.47. The molecule has 134 valence electrons. The molecule has 25 heavy (non-hydrogen) atoms. The van der Waals surface area contributed by atoms with Crippen molar-refractivity contribution in [1.29, 1.82) is 0 Å². The number of amides is 2. The molecule has 0 aliphatic heterocycles. The summed E-state index contributed by atoms with van der Waals surface area (Å²) < 4.78 is 10.8. The van der Waals surface area contributed by atoms with Gasteiger partial charge < -0.3 is 19.7 Å². The second-order valence-electron chi connectivity index (χ2n) is 5.59. The van der Waals surface area contributed by atoms with E-state index in [1.165, 1.54) is 0 Å². The van der Waals surface area contributed by atoms with Crippen LogP contribution in [0.25, 0.3) is 0 Å². The number of urea groups is 1. The Bertz CT molecular complexity index is 694. The van der Waals surface area contributed by atoms with Crippen molar-refractivity contribution in [2.45, 2.75) is 13.2 Å². The molecule has 0 saturated heterocycles. The van der Waals surface area contributed by atoms with Gasteiger partial charge in [-0.1, -0.05) is 41.9 Å². The van der Waals surface area contributed by atoms with Crippen LogP contribution in [-0.4, -0.2) is 38.2 Å². The van der Waals surface area contributed by atoms with Crippen LogP contribution in [0.1, 0.15) is 11.1 Å². The van der Waals surface area contributed by atoms with Gasteiger partial charge in [-0.15, -0.1) is 0 Å². The van der Waals surface area contributed by atoms with Crippen molar-refractivity contribution in [1.82, 2.24) is 10.2 Å². The molecule has 5 nitrogen and oxygen atoms in total. The molecule has 2 rings (SSSR count). The zero-order valence-corrected chi connectivity index (χ0v) is 15.3. The van der Waals surface area contributed by atoms with E-state index >= 15 is 0 Å². The normalized spacial score (nSPS) is 10.4. The highest BCUT2D eigenvalue weighted by molar-refractivity contribution is 6.30. The number of methoxy groups -OCH3 is 1. The number of benzene rings is 2. The van der Waals surface area contributed by atoms with Gasteiger partial charge in [0, 0.05) is 25.7 Å². The highest BCUT2D eigenvalue weighted by atomic mass is 35.5. The lowest BCUT2D eigenvalue weighted by Crippen LogP contribution is -2.39. The standard InChI is InChI=1S/C19H23ClN2O3/c1-22(10-11-25-18-9-5-8-17(20)12-18)19(23)21-13-15-6-3-4-7-16(15)14-24-2/h3-9,12H,10-11,13-14H2,1-2H3,(H,21,23). The fourth-order valence-electron chi connectivity index (χ4n) is 2.29. The van der Waals surface area contributed by atoms with Crippen molar-refractivity contribution < 1.29 is 14.3 Å². The molecule has 1 N–H and O–H groups in total. The second kappa shape index (κ2) is 9.91. The van der Waals surface area contributed by atoms with E-state index in [1.54, 1.807) is 31.2 Å². The molecular weight excluding hydrogens is 340 g/mol. The van der Waals surface area contributed by atoms with Crippen molar-refractivity contribution >= 4 is 17.6 Å². The van der Waals surface area contributed by atoms with Gasteiger partial charge in [0.25, 0.3) is 0 Å². The molecule has 0 radical (unpaired) electrons. The van der Waals surface area contributed by atoms with Crippen molar-refractivity contribution in [2.75, 3.05) is 27.3 Å². The van der Waals surface area contributed by atoms with Crippen LogP contribution in [0, 0.1) is 0 Å². The van der Waals surface area contributed by atoms with Crippen molar-refractivity contribution in [3.05, 3.63) is 64.7 Å². The summed E-state index contributed by atoms with van der Waals surface area (Å²) in [6.45, 7) is 1.84. The molecule has 0 saturated carbocycles. The Labute approximate surface area is 153 Å². The lowest BCUT2D eigenvalue weighted by Gasteiger charge is -2.19. The van der Waals surface area contributed by atoms with E-state index in [9.17, 15) is 4.79 Å². The Morgan fingerprint density at radius 2 is 1.92 bits per heavy atom. The van der Waals surface area contributed by atoms with Gasteiger partial charge in [0.05, 0.1) is 13.2 Å². The van der Waals surface area contributed by atoms with Gasteiger partial charge in [-0.2, -0.15) is 0 Å². The quantitative estimate of drug-likeness (QED) is 0.778. The molecular formula is C19H23ClN2O3. The zero-order valence-electron chi connectivity index (χ0n) is 14.5. The highest BCUT2D eigenvalue weighted by Gasteiger charge is 2.09. The third kappa shape index (κ3) is 6.29. The van der Waals surface area contributed by atoms with Gasteiger partial charge in [-0.05, 0) is 29.3 Å². The first kappa shape index (κ1) is 19.1. The van der Waals surface area contributed by atoms with E-state index in [0.717, 1.165) is 11.1 Å². The third-order valence-corrected chi connectivity index (χ3v) is 3.92. The molecule has 0 fully saturated rings. The smallest absolute Gasteiger partial charge is 0.317 e. The van der Waals surface area contributed by atoms with Crippen LogP contribution in [-0.2, 0) is 17.9 Å². The fraction of sp³-hybridized carbons (Fsp3) is 0.316. The Kier molecular flexibility index (Phi) is 7.57. The summed E-state index contributed by atoms with van der Waals surface area (Å²) in [5.74, 6) is 0.690. The number of likely N-dealkylation sites (N-methyl/N-ethyl adjacent to an activating group) is 1. The monoisotopic (exact) mass is 362 g/mol. The lowest BCUT2D eigenvalue weighted by molar-refractivity contribution is 0.183. The second-order valence-corrected chi connectivity index (χ2v) is 6.02. The van der Waals surface area contributed by atoms with E-state index in [4.69, 9.17) is 21.1 Å². The molecule has 6 heteroatoms. The first-order valence-electron chi connectivity index (χ1n) is 8.03. The average Bonchev–Trinajstić information content (AvgIpc) is 2.61. The Hall–Kier alpha value is -2.24. The SMILES string of the molecule is COCc1ccccc1CNC(=O)N(C)CCOc1cccc(Cl)c1. The number of hydrogen-bond donors (Lipinski definition) is 1. The minimum atomic E-state index is -0.151. The Morgan fingerprint density at radius 1 is 1.16 bits per heavy atom. The molecule has 2 aromatic rings. The number of hydrogen-bond acceptors (Lipinski definition) is 3. The van der Waals surface area contributed by atoms with Crippen LogP contribution in [0.3, 0.4) is 0 Å². The number of nitrogens with zero attached hydrogens (tertiary/aromatic N) is 1. The average molecular weight is 363 g/mol. The maximum absolute atomic E-state index is 12.2. The molecule has 0 bridgehead atoms. The molecule has 0 heterocycles. The first-order valence-corrected chi connectivity index (χ1v) is 8.41. The number of carbonyl (C=O) groups is 1. The first-order chi connectivity index (χ1) is 12.1. The van der Waals surface area contributed by atoms with Crippen molar-refractivity contribution in [3.63, 3.8) is 0 Å². The summed E-state index contributed by atoms with van der Waals surface area (Å²) in [7, 11) is 3.39. The van der Waals surface area contributed by atoms with E-state index < -0.39 is 0 Å². The summed E-state index contributed by atoms with van der Waals surface area (Å²) >= 11 is 5.91. The minimum absolute atomic E-state index is 0.151. The number of rotatable bonds is 8. The number of carbonyl (C=O) groups excluding carboxylic acids is 1. The number of halogens is 1. The minimum Gasteiger partial charge on any atom is -0.492 e. The number of nitrogens with one attached hydrogen (secondary N) is 1.